The van der Waals surface area contributed by atoms with E-state index < -0.39 is 17.8 Å². The monoisotopic (exact) mass is 494 g/mol. The van der Waals surface area contributed by atoms with E-state index in [1.165, 1.54) is 18.2 Å². The van der Waals surface area contributed by atoms with Crippen LogP contribution >= 0.6 is 15.9 Å². The number of ether oxygens (including phenoxy) is 1. The van der Waals surface area contributed by atoms with Crippen molar-refractivity contribution >= 4 is 45.5 Å². The number of carbonyl (C=O) groups excluding carboxylic acids is 3. The summed E-state index contributed by atoms with van der Waals surface area (Å²) in [7, 11) is 0. The molecular formula is C24H16BrFN2O4. The van der Waals surface area contributed by atoms with E-state index >= 15 is 0 Å². The second-order valence-corrected chi connectivity index (χ2v) is 7.84. The molecule has 0 spiro atoms. The number of hydrogen-bond acceptors (Lipinski definition) is 4. The summed E-state index contributed by atoms with van der Waals surface area (Å²) in [6.07, 6.45) is 1.41. The number of rotatable bonds is 5. The van der Waals surface area contributed by atoms with Gasteiger partial charge >= 0.3 is 6.03 Å². The van der Waals surface area contributed by atoms with Crippen molar-refractivity contribution in [3.8, 4) is 5.75 Å². The summed E-state index contributed by atoms with van der Waals surface area (Å²) in [6, 6.07) is 18.6. The summed E-state index contributed by atoms with van der Waals surface area (Å²) in [5.74, 6) is -1.27. The summed E-state index contributed by atoms with van der Waals surface area (Å²) >= 11 is 3.30. The van der Waals surface area contributed by atoms with Crippen LogP contribution in [-0.2, 0) is 16.2 Å². The Morgan fingerprint density at radius 1 is 0.969 bits per heavy atom. The molecule has 1 aliphatic rings. The minimum Gasteiger partial charge on any atom is -0.489 e. The van der Waals surface area contributed by atoms with Gasteiger partial charge < -0.3 is 4.74 Å². The van der Waals surface area contributed by atoms with E-state index in [4.69, 9.17) is 4.74 Å². The molecule has 1 aliphatic heterocycles. The van der Waals surface area contributed by atoms with E-state index in [-0.39, 0.29) is 18.0 Å². The smallest absolute Gasteiger partial charge is 0.335 e. The number of barbiturate groups is 1. The summed E-state index contributed by atoms with van der Waals surface area (Å²) in [4.78, 5) is 38.4. The van der Waals surface area contributed by atoms with Crippen molar-refractivity contribution in [1.82, 2.24) is 5.32 Å². The molecule has 32 heavy (non-hydrogen) atoms. The van der Waals surface area contributed by atoms with Crippen molar-refractivity contribution in [2.45, 2.75) is 6.61 Å². The number of nitrogens with zero attached hydrogens (tertiary/aromatic N) is 1. The number of nitrogens with one attached hydrogen (secondary N) is 1. The molecule has 0 radical (unpaired) electrons. The first-order valence-electron chi connectivity index (χ1n) is 9.55. The van der Waals surface area contributed by atoms with Crippen molar-refractivity contribution in [3.63, 3.8) is 0 Å². The lowest BCUT2D eigenvalue weighted by atomic mass is 10.1. The highest BCUT2D eigenvalue weighted by Crippen LogP contribution is 2.24. The zero-order valence-corrected chi connectivity index (χ0v) is 18.1. The van der Waals surface area contributed by atoms with Crippen molar-refractivity contribution < 1.29 is 23.5 Å². The zero-order valence-electron chi connectivity index (χ0n) is 16.5. The molecule has 8 heteroatoms. The lowest BCUT2D eigenvalue weighted by molar-refractivity contribution is -0.122. The number of carbonyl (C=O) groups is 3. The Morgan fingerprint density at radius 3 is 2.38 bits per heavy atom. The molecule has 160 valence electrons. The second kappa shape index (κ2) is 9.15. The van der Waals surface area contributed by atoms with E-state index in [2.05, 4.69) is 21.2 Å². The average molecular weight is 495 g/mol. The first-order chi connectivity index (χ1) is 15.4. The van der Waals surface area contributed by atoms with E-state index in [1.807, 2.05) is 0 Å². The van der Waals surface area contributed by atoms with Crippen LogP contribution in [0, 0.1) is 5.82 Å². The average Bonchev–Trinajstić information content (AvgIpc) is 2.77. The van der Waals surface area contributed by atoms with Gasteiger partial charge in [0.25, 0.3) is 11.8 Å². The summed E-state index contributed by atoms with van der Waals surface area (Å²) in [5.41, 5.74) is 1.45. The van der Waals surface area contributed by atoms with E-state index in [9.17, 15) is 18.8 Å². The SMILES string of the molecule is O=C1NC(=O)N(c2ccc(Br)cc2)C(=O)/C1=C/c1ccc(OCc2cccc(F)c2)cc1. The van der Waals surface area contributed by atoms with Gasteiger partial charge in [0.2, 0.25) is 0 Å². The maximum atomic E-state index is 13.3. The van der Waals surface area contributed by atoms with Gasteiger partial charge in [-0.15, -0.1) is 0 Å². The third-order valence-electron chi connectivity index (χ3n) is 4.67. The van der Waals surface area contributed by atoms with Gasteiger partial charge in [0.05, 0.1) is 5.69 Å². The van der Waals surface area contributed by atoms with Crippen molar-refractivity contribution in [3.05, 3.63) is 99.8 Å². The van der Waals surface area contributed by atoms with Crippen LogP contribution in [0.5, 0.6) is 5.75 Å². The minimum absolute atomic E-state index is 0.166. The van der Waals surface area contributed by atoms with Crippen LogP contribution in [0.3, 0.4) is 0 Å². The van der Waals surface area contributed by atoms with Gasteiger partial charge in [-0.1, -0.05) is 40.2 Å². The Kier molecular flexibility index (Phi) is 6.13. The normalized spacial score (nSPS) is 15.1. The number of halogens is 2. The number of imide groups is 2. The van der Waals surface area contributed by atoms with E-state index in [1.54, 1.807) is 60.7 Å². The molecule has 6 nitrogen and oxygen atoms in total. The third kappa shape index (κ3) is 4.76. The molecule has 0 aromatic heterocycles. The lowest BCUT2D eigenvalue weighted by Crippen LogP contribution is -2.54. The molecule has 1 heterocycles. The molecular weight excluding hydrogens is 479 g/mol. The molecule has 1 fully saturated rings. The second-order valence-electron chi connectivity index (χ2n) is 6.92. The fourth-order valence-corrected chi connectivity index (χ4v) is 3.37. The number of hydrogen-bond donors (Lipinski definition) is 1. The zero-order chi connectivity index (χ0) is 22.7. The van der Waals surface area contributed by atoms with Gasteiger partial charge in [0.1, 0.15) is 23.7 Å². The van der Waals surface area contributed by atoms with Gasteiger partial charge in [0.15, 0.2) is 0 Å². The molecule has 4 amide bonds. The number of amides is 4. The van der Waals surface area contributed by atoms with Crippen LogP contribution < -0.4 is 15.0 Å². The number of anilines is 1. The highest BCUT2D eigenvalue weighted by Gasteiger charge is 2.36. The summed E-state index contributed by atoms with van der Waals surface area (Å²) in [6.45, 7) is 0.198. The third-order valence-corrected chi connectivity index (χ3v) is 5.20. The van der Waals surface area contributed by atoms with E-state index in [0.717, 1.165) is 9.37 Å². The van der Waals surface area contributed by atoms with E-state index in [0.29, 0.717) is 22.6 Å². The lowest BCUT2D eigenvalue weighted by Gasteiger charge is -2.26. The van der Waals surface area contributed by atoms with Gasteiger partial charge in [-0.05, 0) is 65.7 Å². The summed E-state index contributed by atoms with van der Waals surface area (Å²) in [5, 5.41) is 2.19. The Morgan fingerprint density at radius 2 is 1.69 bits per heavy atom. The molecule has 0 saturated carbocycles. The molecule has 1 N–H and O–H groups in total. The quantitative estimate of drug-likeness (QED) is 0.407. The molecule has 3 aromatic carbocycles. The van der Waals surface area contributed by atoms with Crippen LogP contribution in [-0.4, -0.2) is 17.8 Å². The Bertz CT molecular complexity index is 1220. The number of benzene rings is 3. The Hall–Kier alpha value is -3.78. The maximum Gasteiger partial charge on any atom is 0.335 e. The Labute approximate surface area is 191 Å². The topological polar surface area (TPSA) is 75.7 Å². The standard InChI is InChI=1S/C24H16BrFN2O4/c25-17-6-8-19(9-7-17)28-23(30)21(22(29)27-24(28)31)13-15-4-10-20(11-5-15)32-14-16-2-1-3-18(26)12-16/h1-13H,14H2,(H,27,29,31)/b21-13+. The van der Waals surface area contributed by atoms with Gasteiger partial charge in [-0.2, -0.15) is 0 Å². The predicted molar refractivity (Wildman–Crippen MR) is 120 cm³/mol. The highest BCUT2D eigenvalue weighted by atomic mass is 79.9. The first kappa shape index (κ1) is 21.5. The fraction of sp³-hybridized carbons (Fsp3) is 0.0417. The molecule has 0 bridgehead atoms. The molecule has 4 rings (SSSR count). The minimum atomic E-state index is -0.805. The molecule has 3 aromatic rings. The molecule has 0 aliphatic carbocycles. The van der Waals surface area contributed by atoms with Gasteiger partial charge in [-0.25, -0.2) is 14.1 Å². The summed E-state index contributed by atoms with van der Waals surface area (Å²) < 4.78 is 19.7. The van der Waals surface area contributed by atoms with Crippen molar-refractivity contribution in [1.29, 1.82) is 0 Å². The van der Waals surface area contributed by atoms with Gasteiger partial charge in [0, 0.05) is 4.47 Å². The molecule has 0 atom stereocenters. The van der Waals surface area contributed by atoms with Crippen LogP contribution in [0.2, 0.25) is 0 Å². The van der Waals surface area contributed by atoms with Crippen LogP contribution in [0.25, 0.3) is 6.08 Å². The van der Waals surface area contributed by atoms with Crippen molar-refractivity contribution in [2.75, 3.05) is 4.90 Å². The molecule has 0 unspecified atom stereocenters. The number of urea groups is 1. The Balaban J connectivity index is 1.51. The highest BCUT2D eigenvalue weighted by molar-refractivity contribution is 9.10. The molecule has 1 saturated heterocycles. The maximum absolute atomic E-state index is 13.3. The van der Waals surface area contributed by atoms with Crippen LogP contribution in [0.1, 0.15) is 11.1 Å². The van der Waals surface area contributed by atoms with Crippen molar-refractivity contribution in [2.24, 2.45) is 0 Å². The first-order valence-corrected chi connectivity index (χ1v) is 10.3. The van der Waals surface area contributed by atoms with Crippen LogP contribution in [0.4, 0.5) is 14.9 Å². The van der Waals surface area contributed by atoms with Gasteiger partial charge in [-0.3, -0.25) is 14.9 Å². The van der Waals surface area contributed by atoms with Crippen LogP contribution in [0.15, 0.2) is 82.8 Å². The fourth-order valence-electron chi connectivity index (χ4n) is 3.10. The predicted octanol–water partition coefficient (Wildman–Crippen LogP) is 4.83. The largest absolute Gasteiger partial charge is 0.489 e.